The Hall–Kier alpha value is -2.56. The molecule has 1 heterocycles. The van der Waals surface area contributed by atoms with Gasteiger partial charge in [-0.1, -0.05) is 13.0 Å². The van der Waals surface area contributed by atoms with E-state index in [0.29, 0.717) is 23.3 Å². The first-order chi connectivity index (χ1) is 11.5. The average Bonchev–Trinajstić information content (AvgIpc) is 3.06. The van der Waals surface area contributed by atoms with Crippen LogP contribution in [0, 0.1) is 19.8 Å². The highest BCUT2D eigenvalue weighted by molar-refractivity contribution is 5.81. The third-order valence-corrected chi connectivity index (χ3v) is 4.07. The Labute approximate surface area is 141 Å². The predicted octanol–water partition coefficient (Wildman–Crippen LogP) is 3.55. The fraction of sp³-hybridized carbons (Fsp3) is 0.368. The second kappa shape index (κ2) is 6.91. The highest BCUT2D eigenvalue weighted by Crippen LogP contribution is 2.47. The standard InChI is InChI=1S/C19H22N2O3/c1-12-6-13(2)8-16(7-12)23-11-19(22)21-20-10-15-4-5-18(24-15)17-9-14(17)3/h4-8,10,14,17H,9,11H2,1-3H3,(H,21,22)/b20-10-/t14-,17-/m0/s1. The maximum atomic E-state index is 11.8. The Morgan fingerprint density at radius 2 is 2.04 bits per heavy atom. The van der Waals surface area contributed by atoms with Crippen molar-refractivity contribution in [1.29, 1.82) is 0 Å². The summed E-state index contributed by atoms with van der Waals surface area (Å²) in [6.07, 6.45) is 2.68. The summed E-state index contributed by atoms with van der Waals surface area (Å²) in [7, 11) is 0. The molecule has 1 aromatic carbocycles. The van der Waals surface area contributed by atoms with Crippen LogP contribution in [0.3, 0.4) is 0 Å². The van der Waals surface area contributed by atoms with Crippen LogP contribution in [0.25, 0.3) is 0 Å². The van der Waals surface area contributed by atoms with E-state index in [1.54, 1.807) is 0 Å². The number of amides is 1. The zero-order valence-electron chi connectivity index (χ0n) is 14.2. The van der Waals surface area contributed by atoms with Crippen molar-refractivity contribution in [1.82, 2.24) is 5.43 Å². The molecule has 24 heavy (non-hydrogen) atoms. The number of carbonyl (C=O) groups excluding carboxylic acids is 1. The van der Waals surface area contributed by atoms with Crippen LogP contribution in [-0.2, 0) is 4.79 Å². The minimum absolute atomic E-state index is 0.0801. The summed E-state index contributed by atoms with van der Waals surface area (Å²) in [5.74, 6) is 3.23. The first kappa shape index (κ1) is 16.3. The topological polar surface area (TPSA) is 63.8 Å². The molecule has 2 atom stereocenters. The van der Waals surface area contributed by atoms with Crippen LogP contribution in [0.1, 0.15) is 41.9 Å². The van der Waals surface area contributed by atoms with E-state index in [2.05, 4.69) is 23.5 Å². The molecule has 0 bridgehead atoms. The fourth-order valence-electron chi connectivity index (χ4n) is 2.72. The number of ether oxygens (including phenoxy) is 1. The van der Waals surface area contributed by atoms with Gasteiger partial charge in [0.25, 0.3) is 5.91 Å². The molecule has 0 radical (unpaired) electrons. The molecule has 5 nitrogen and oxygen atoms in total. The van der Waals surface area contributed by atoms with Gasteiger partial charge in [0.2, 0.25) is 0 Å². The fourth-order valence-corrected chi connectivity index (χ4v) is 2.72. The van der Waals surface area contributed by atoms with Gasteiger partial charge in [-0.25, -0.2) is 5.43 Å². The van der Waals surface area contributed by atoms with Gasteiger partial charge in [0.15, 0.2) is 6.61 Å². The molecule has 3 rings (SSSR count). The number of nitrogens with one attached hydrogen (secondary N) is 1. The number of hydrazone groups is 1. The van der Waals surface area contributed by atoms with Gasteiger partial charge in [0, 0.05) is 5.92 Å². The Morgan fingerprint density at radius 3 is 2.71 bits per heavy atom. The quantitative estimate of drug-likeness (QED) is 0.652. The minimum Gasteiger partial charge on any atom is -0.484 e. The van der Waals surface area contributed by atoms with Gasteiger partial charge in [-0.3, -0.25) is 4.79 Å². The normalized spacial score (nSPS) is 19.5. The molecule has 0 unspecified atom stereocenters. The second-order valence-corrected chi connectivity index (χ2v) is 6.46. The van der Waals surface area contributed by atoms with Gasteiger partial charge in [0.05, 0.1) is 6.21 Å². The Balaban J connectivity index is 1.45. The molecule has 1 aliphatic carbocycles. The SMILES string of the molecule is Cc1cc(C)cc(OCC(=O)N/N=C\c2ccc([C@H]3C[C@@H]3C)o2)c1. The number of rotatable bonds is 6. The lowest BCUT2D eigenvalue weighted by molar-refractivity contribution is -0.123. The van der Waals surface area contributed by atoms with Crippen molar-refractivity contribution in [2.75, 3.05) is 6.61 Å². The molecule has 1 N–H and O–H groups in total. The smallest absolute Gasteiger partial charge is 0.277 e. The van der Waals surface area contributed by atoms with Gasteiger partial charge in [-0.05, 0) is 61.6 Å². The lowest BCUT2D eigenvalue weighted by Gasteiger charge is -2.07. The van der Waals surface area contributed by atoms with E-state index in [1.165, 1.54) is 12.6 Å². The lowest BCUT2D eigenvalue weighted by Crippen LogP contribution is -2.24. The molecule has 0 spiro atoms. The summed E-state index contributed by atoms with van der Waals surface area (Å²) in [5.41, 5.74) is 4.64. The van der Waals surface area contributed by atoms with Crippen LogP contribution in [0.2, 0.25) is 0 Å². The molecule has 1 aliphatic rings. The number of hydrogen-bond donors (Lipinski definition) is 1. The minimum atomic E-state index is -0.312. The van der Waals surface area contributed by atoms with Gasteiger partial charge < -0.3 is 9.15 Å². The van der Waals surface area contributed by atoms with E-state index < -0.39 is 0 Å². The molecule has 1 saturated carbocycles. The Kier molecular flexibility index (Phi) is 4.69. The predicted molar refractivity (Wildman–Crippen MR) is 92.4 cm³/mol. The molecule has 1 aromatic heterocycles. The summed E-state index contributed by atoms with van der Waals surface area (Å²) in [5, 5.41) is 3.90. The number of nitrogens with zero attached hydrogens (tertiary/aromatic N) is 1. The highest BCUT2D eigenvalue weighted by Gasteiger charge is 2.36. The number of aryl methyl sites for hydroxylation is 2. The molecule has 126 valence electrons. The van der Waals surface area contributed by atoms with Crippen molar-refractivity contribution >= 4 is 12.1 Å². The highest BCUT2D eigenvalue weighted by atomic mass is 16.5. The van der Waals surface area contributed by atoms with Gasteiger partial charge >= 0.3 is 0 Å². The van der Waals surface area contributed by atoms with Crippen molar-refractivity contribution < 1.29 is 13.9 Å². The van der Waals surface area contributed by atoms with E-state index in [-0.39, 0.29) is 12.5 Å². The molecule has 0 saturated heterocycles. The molecule has 1 fully saturated rings. The summed E-state index contributed by atoms with van der Waals surface area (Å²) in [6.45, 7) is 6.11. The summed E-state index contributed by atoms with van der Waals surface area (Å²) in [4.78, 5) is 11.8. The molecule has 0 aliphatic heterocycles. The van der Waals surface area contributed by atoms with Gasteiger partial charge in [-0.2, -0.15) is 5.10 Å². The average molecular weight is 326 g/mol. The van der Waals surface area contributed by atoms with Crippen molar-refractivity contribution in [2.24, 2.45) is 11.0 Å². The molecular weight excluding hydrogens is 304 g/mol. The Bertz CT molecular complexity index is 743. The van der Waals surface area contributed by atoms with Crippen molar-refractivity contribution in [3.63, 3.8) is 0 Å². The summed E-state index contributed by atoms with van der Waals surface area (Å²) < 4.78 is 11.2. The number of carbonyl (C=O) groups is 1. The van der Waals surface area contributed by atoms with Crippen molar-refractivity contribution in [3.05, 3.63) is 53.0 Å². The Morgan fingerprint density at radius 1 is 1.33 bits per heavy atom. The van der Waals surface area contributed by atoms with Crippen LogP contribution in [-0.4, -0.2) is 18.7 Å². The monoisotopic (exact) mass is 326 g/mol. The molecule has 5 heteroatoms. The summed E-state index contributed by atoms with van der Waals surface area (Å²) >= 11 is 0. The number of hydrogen-bond acceptors (Lipinski definition) is 4. The zero-order chi connectivity index (χ0) is 17.1. The zero-order valence-corrected chi connectivity index (χ0v) is 14.2. The molecule has 1 amide bonds. The van der Waals surface area contributed by atoms with Crippen LogP contribution in [0.5, 0.6) is 5.75 Å². The van der Waals surface area contributed by atoms with E-state index >= 15 is 0 Å². The molecule has 2 aromatic rings. The van der Waals surface area contributed by atoms with Crippen LogP contribution in [0.4, 0.5) is 0 Å². The third-order valence-electron chi connectivity index (χ3n) is 4.07. The van der Waals surface area contributed by atoms with Crippen molar-refractivity contribution in [3.8, 4) is 5.75 Å². The number of furan rings is 1. The van der Waals surface area contributed by atoms with Crippen LogP contribution < -0.4 is 10.2 Å². The largest absolute Gasteiger partial charge is 0.484 e. The van der Waals surface area contributed by atoms with Crippen LogP contribution >= 0.6 is 0 Å². The summed E-state index contributed by atoms with van der Waals surface area (Å²) in [6, 6.07) is 9.68. The third kappa shape index (κ3) is 4.25. The van der Waals surface area contributed by atoms with E-state index in [4.69, 9.17) is 9.15 Å². The van der Waals surface area contributed by atoms with E-state index in [9.17, 15) is 4.79 Å². The second-order valence-electron chi connectivity index (χ2n) is 6.46. The van der Waals surface area contributed by atoms with Gasteiger partial charge in [-0.15, -0.1) is 0 Å². The maximum absolute atomic E-state index is 11.8. The maximum Gasteiger partial charge on any atom is 0.277 e. The van der Waals surface area contributed by atoms with Crippen LogP contribution in [0.15, 0.2) is 39.9 Å². The number of benzene rings is 1. The van der Waals surface area contributed by atoms with E-state index in [1.807, 2.05) is 38.1 Å². The lowest BCUT2D eigenvalue weighted by atomic mass is 10.1. The van der Waals surface area contributed by atoms with Crippen molar-refractivity contribution in [2.45, 2.75) is 33.1 Å². The van der Waals surface area contributed by atoms with E-state index in [0.717, 1.165) is 16.9 Å². The van der Waals surface area contributed by atoms with Gasteiger partial charge in [0.1, 0.15) is 17.3 Å². The first-order valence-electron chi connectivity index (χ1n) is 8.14. The molecular formula is C19H22N2O3. The first-order valence-corrected chi connectivity index (χ1v) is 8.14.